The third-order valence-electron chi connectivity index (χ3n) is 3.17. The van der Waals surface area contributed by atoms with E-state index in [2.05, 4.69) is 22.9 Å². The molecule has 2 heterocycles. The number of carbonyl (C=O) groups excluding carboxylic acids is 1. The first-order valence-corrected chi connectivity index (χ1v) is 6.43. The van der Waals surface area contributed by atoms with Crippen LogP contribution in [0.2, 0.25) is 0 Å². The van der Waals surface area contributed by atoms with Crippen LogP contribution >= 0.6 is 15.9 Å². The summed E-state index contributed by atoms with van der Waals surface area (Å²) in [6.07, 6.45) is 0.888. The van der Waals surface area contributed by atoms with Crippen molar-refractivity contribution in [3.05, 3.63) is 23.2 Å². The van der Waals surface area contributed by atoms with E-state index in [1.807, 2.05) is 24.8 Å². The number of hydrogen-bond donors (Lipinski definition) is 0. The lowest BCUT2D eigenvalue weighted by molar-refractivity contribution is -0.129. The van der Waals surface area contributed by atoms with E-state index in [1.165, 1.54) is 0 Å². The lowest BCUT2D eigenvalue weighted by Gasteiger charge is -2.24. The Kier molecular flexibility index (Phi) is 3.10. The molecule has 1 aromatic heterocycles. The number of alkyl halides is 1. The van der Waals surface area contributed by atoms with Gasteiger partial charge in [-0.25, -0.2) is 0 Å². The fourth-order valence-electron chi connectivity index (χ4n) is 2.28. The number of halogens is 1. The second-order valence-corrected chi connectivity index (χ2v) is 5.44. The van der Waals surface area contributed by atoms with Crippen LogP contribution in [0.5, 0.6) is 0 Å². The molecule has 1 saturated heterocycles. The summed E-state index contributed by atoms with van der Waals surface area (Å²) >= 11 is 3.39. The molecule has 1 aromatic rings. The van der Waals surface area contributed by atoms with Crippen molar-refractivity contribution in [2.45, 2.75) is 38.1 Å². The first-order valence-electron chi connectivity index (χ1n) is 5.52. The first-order chi connectivity index (χ1) is 7.50. The number of furan rings is 1. The van der Waals surface area contributed by atoms with Gasteiger partial charge in [-0.3, -0.25) is 4.79 Å². The number of aryl methyl sites for hydroxylation is 2. The standard InChI is InChI=1S/C12H16BrNO2/c1-7-6-10(9(3)16-7)8(2)14-5-4-11(13)12(14)15/h6,8,11H,4-5H2,1-3H3. The third-order valence-corrected chi connectivity index (χ3v) is 4.02. The fourth-order valence-corrected chi connectivity index (χ4v) is 2.75. The summed E-state index contributed by atoms with van der Waals surface area (Å²) in [5.74, 6) is 2.00. The van der Waals surface area contributed by atoms with E-state index in [1.54, 1.807) is 0 Å². The number of hydrogen-bond acceptors (Lipinski definition) is 2. The minimum absolute atomic E-state index is 0.0109. The molecule has 88 valence electrons. The van der Waals surface area contributed by atoms with Gasteiger partial charge in [-0.05, 0) is 33.3 Å². The van der Waals surface area contributed by atoms with Crippen LogP contribution in [0.25, 0.3) is 0 Å². The van der Waals surface area contributed by atoms with Crippen molar-refractivity contribution >= 4 is 21.8 Å². The smallest absolute Gasteiger partial charge is 0.236 e. The Balaban J connectivity index is 2.22. The summed E-state index contributed by atoms with van der Waals surface area (Å²) in [4.78, 5) is 13.8. The third kappa shape index (κ3) is 1.90. The van der Waals surface area contributed by atoms with Crippen molar-refractivity contribution in [1.29, 1.82) is 0 Å². The Morgan fingerprint density at radius 1 is 1.56 bits per heavy atom. The van der Waals surface area contributed by atoms with Crippen molar-refractivity contribution in [3.63, 3.8) is 0 Å². The molecule has 4 heteroatoms. The highest BCUT2D eigenvalue weighted by Crippen LogP contribution is 2.31. The van der Waals surface area contributed by atoms with Gasteiger partial charge in [0, 0.05) is 12.1 Å². The van der Waals surface area contributed by atoms with Crippen molar-refractivity contribution in [1.82, 2.24) is 4.90 Å². The van der Waals surface area contributed by atoms with E-state index in [0.717, 1.165) is 30.0 Å². The molecule has 0 aromatic carbocycles. The van der Waals surface area contributed by atoms with Gasteiger partial charge < -0.3 is 9.32 Å². The molecule has 3 nitrogen and oxygen atoms in total. The predicted molar refractivity (Wildman–Crippen MR) is 65.6 cm³/mol. The summed E-state index contributed by atoms with van der Waals surface area (Å²) < 4.78 is 5.51. The monoisotopic (exact) mass is 285 g/mol. The molecular formula is C12H16BrNO2. The Morgan fingerprint density at radius 2 is 2.25 bits per heavy atom. The topological polar surface area (TPSA) is 33.5 Å². The zero-order valence-electron chi connectivity index (χ0n) is 9.79. The molecule has 16 heavy (non-hydrogen) atoms. The number of likely N-dealkylation sites (tertiary alicyclic amines) is 1. The molecule has 2 atom stereocenters. The lowest BCUT2D eigenvalue weighted by Crippen LogP contribution is -2.30. The van der Waals surface area contributed by atoms with Crippen LogP contribution in [0.1, 0.15) is 36.5 Å². The van der Waals surface area contributed by atoms with Crippen LogP contribution < -0.4 is 0 Å². The van der Waals surface area contributed by atoms with Gasteiger partial charge in [0.05, 0.1) is 10.9 Å². The summed E-state index contributed by atoms with van der Waals surface area (Å²) in [5.41, 5.74) is 1.12. The first kappa shape index (κ1) is 11.7. The van der Waals surface area contributed by atoms with E-state index >= 15 is 0 Å². The van der Waals surface area contributed by atoms with E-state index in [0.29, 0.717) is 0 Å². The molecule has 1 fully saturated rings. The molecule has 0 aliphatic carbocycles. The molecule has 0 N–H and O–H groups in total. The highest BCUT2D eigenvalue weighted by Gasteiger charge is 2.34. The zero-order valence-corrected chi connectivity index (χ0v) is 11.4. The Hall–Kier alpha value is -0.770. The van der Waals surface area contributed by atoms with Crippen LogP contribution in [0, 0.1) is 13.8 Å². The normalized spacial score (nSPS) is 22.9. The summed E-state index contributed by atoms with van der Waals surface area (Å²) in [7, 11) is 0. The minimum Gasteiger partial charge on any atom is -0.466 e. The Bertz CT molecular complexity index is 413. The Morgan fingerprint density at radius 3 is 2.69 bits per heavy atom. The summed E-state index contributed by atoms with van der Waals surface area (Å²) in [5, 5.41) is 0. The summed E-state index contributed by atoms with van der Waals surface area (Å²) in [6.45, 7) is 6.76. The van der Waals surface area contributed by atoms with Crippen molar-refractivity contribution in [2.75, 3.05) is 6.54 Å². The van der Waals surface area contributed by atoms with Gasteiger partial charge in [-0.2, -0.15) is 0 Å². The van der Waals surface area contributed by atoms with Gasteiger partial charge >= 0.3 is 0 Å². The molecule has 1 aliphatic rings. The average Bonchev–Trinajstić information content (AvgIpc) is 2.71. The van der Waals surface area contributed by atoms with Gasteiger partial charge in [-0.15, -0.1) is 0 Å². The van der Waals surface area contributed by atoms with Crippen LogP contribution in [-0.4, -0.2) is 22.2 Å². The van der Waals surface area contributed by atoms with Crippen LogP contribution in [0.15, 0.2) is 10.5 Å². The summed E-state index contributed by atoms with van der Waals surface area (Å²) in [6, 6.07) is 2.13. The van der Waals surface area contributed by atoms with Crippen molar-refractivity contribution in [2.24, 2.45) is 0 Å². The molecule has 1 aliphatic heterocycles. The largest absolute Gasteiger partial charge is 0.466 e. The number of carbonyl (C=O) groups is 1. The van der Waals surface area contributed by atoms with Crippen LogP contribution in [0.4, 0.5) is 0 Å². The molecule has 0 bridgehead atoms. The molecule has 0 saturated carbocycles. The highest BCUT2D eigenvalue weighted by molar-refractivity contribution is 9.10. The minimum atomic E-state index is -0.0109. The van der Waals surface area contributed by atoms with Gasteiger partial charge in [0.2, 0.25) is 5.91 Å². The number of rotatable bonds is 2. The Labute approximate surface area is 104 Å². The van der Waals surface area contributed by atoms with E-state index in [-0.39, 0.29) is 16.8 Å². The van der Waals surface area contributed by atoms with Crippen molar-refractivity contribution in [3.8, 4) is 0 Å². The second kappa shape index (κ2) is 4.24. The lowest BCUT2D eigenvalue weighted by atomic mass is 10.1. The average molecular weight is 286 g/mol. The maximum Gasteiger partial charge on any atom is 0.236 e. The number of nitrogens with zero attached hydrogens (tertiary/aromatic N) is 1. The van der Waals surface area contributed by atoms with E-state index in [9.17, 15) is 4.79 Å². The van der Waals surface area contributed by atoms with Gasteiger partial charge in [-0.1, -0.05) is 15.9 Å². The molecule has 2 rings (SSSR count). The van der Waals surface area contributed by atoms with E-state index in [4.69, 9.17) is 4.42 Å². The number of amides is 1. The molecule has 0 spiro atoms. The highest BCUT2D eigenvalue weighted by atomic mass is 79.9. The SMILES string of the molecule is Cc1cc(C(C)N2CCC(Br)C2=O)c(C)o1. The van der Waals surface area contributed by atoms with Gasteiger partial charge in [0.1, 0.15) is 11.5 Å². The van der Waals surface area contributed by atoms with Crippen molar-refractivity contribution < 1.29 is 9.21 Å². The fraction of sp³-hybridized carbons (Fsp3) is 0.583. The van der Waals surface area contributed by atoms with Crippen LogP contribution in [-0.2, 0) is 4.79 Å². The molecule has 0 radical (unpaired) electrons. The zero-order chi connectivity index (χ0) is 11.9. The second-order valence-electron chi connectivity index (χ2n) is 4.33. The van der Waals surface area contributed by atoms with Gasteiger partial charge in [0.15, 0.2) is 0 Å². The van der Waals surface area contributed by atoms with Crippen LogP contribution in [0.3, 0.4) is 0 Å². The van der Waals surface area contributed by atoms with Gasteiger partial charge in [0.25, 0.3) is 0 Å². The molecular weight excluding hydrogens is 270 g/mol. The predicted octanol–water partition coefficient (Wildman–Crippen LogP) is 2.95. The quantitative estimate of drug-likeness (QED) is 0.783. The van der Waals surface area contributed by atoms with E-state index < -0.39 is 0 Å². The molecule has 2 unspecified atom stereocenters. The molecule has 1 amide bonds. The maximum atomic E-state index is 11.9. The maximum absolute atomic E-state index is 11.9.